The van der Waals surface area contributed by atoms with Gasteiger partial charge in [-0.2, -0.15) is 0 Å². The van der Waals surface area contributed by atoms with Crippen LogP contribution in [0, 0.1) is 5.92 Å². The Labute approximate surface area is 179 Å². The van der Waals surface area contributed by atoms with Crippen LogP contribution in [-0.4, -0.2) is 40.0 Å². The number of nitrogens with zero attached hydrogens (tertiary/aromatic N) is 3. The van der Waals surface area contributed by atoms with Gasteiger partial charge < -0.3 is 10.6 Å². The molecule has 2 aromatic carbocycles. The van der Waals surface area contributed by atoms with Gasteiger partial charge in [0.05, 0.1) is 11.0 Å². The Balaban J connectivity index is 0.00000300. The Hall–Kier alpha value is -2.37. The van der Waals surface area contributed by atoms with Crippen LogP contribution in [0.2, 0.25) is 0 Å². The lowest BCUT2D eigenvalue weighted by Crippen LogP contribution is -2.34. The van der Waals surface area contributed by atoms with E-state index in [1.165, 1.54) is 0 Å². The molecule has 5 nitrogen and oxygen atoms in total. The summed E-state index contributed by atoms with van der Waals surface area (Å²) in [7, 11) is 1.86. The van der Waals surface area contributed by atoms with Crippen LogP contribution in [0.3, 0.4) is 0 Å². The van der Waals surface area contributed by atoms with E-state index in [9.17, 15) is 4.79 Å². The van der Waals surface area contributed by atoms with Crippen LogP contribution < -0.4 is 5.73 Å². The highest BCUT2D eigenvalue weighted by Gasteiger charge is 2.16. The van der Waals surface area contributed by atoms with Gasteiger partial charge in [-0.25, -0.2) is 4.98 Å². The Morgan fingerprint density at radius 3 is 2.45 bits per heavy atom. The Bertz CT molecular complexity index is 923. The number of carbonyl (C=O) groups is 1. The van der Waals surface area contributed by atoms with Gasteiger partial charge in [0, 0.05) is 38.2 Å². The molecule has 0 aliphatic heterocycles. The van der Waals surface area contributed by atoms with Gasteiger partial charge in [0.2, 0.25) is 5.91 Å². The van der Waals surface area contributed by atoms with E-state index in [1.807, 2.05) is 43.4 Å². The predicted octanol–water partition coefficient (Wildman–Crippen LogP) is 4.21. The summed E-state index contributed by atoms with van der Waals surface area (Å²) in [4.78, 5) is 19.2. The number of benzene rings is 2. The molecule has 1 atom stereocenters. The van der Waals surface area contributed by atoms with Crippen molar-refractivity contribution in [2.45, 2.75) is 39.2 Å². The summed E-state index contributed by atoms with van der Waals surface area (Å²) in [5.74, 6) is 1.46. The number of fused-ring (bicyclic) bond motifs is 1. The number of hydrogen-bond donors (Lipinski definition) is 1. The number of carbonyl (C=O) groups excluding carboxylic acids is 1. The maximum atomic E-state index is 12.6. The molecule has 1 aromatic heterocycles. The van der Waals surface area contributed by atoms with Crippen molar-refractivity contribution in [2.75, 3.05) is 13.6 Å². The third-order valence-electron chi connectivity index (χ3n) is 5.29. The average molecular weight is 415 g/mol. The number of nitrogens with two attached hydrogens (primary N) is 1. The molecule has 0 radical (unpaired) electrons. The topological polar surface area (TPSA) is 64.2 Å². The first-order valence-electron chi connectivity index (χ1n) is 9.98. The molecule has 0 aliphatic carbocycles. The highest BCUT2D eigenvalue weighted by atomic mass is 35.5. The van der Waals surface area contributed by atoms with Gasteiger partial charge in [0.1, 0.15) is 5.82 Å². The normalized spacial score (nSPS) is 12.0. The van der Waals surface area contributed by atoms with E-state index < -0.39 is 0 Å². The SMILES string of the molecule is CC(C)C(N)CCN(C)C(=O)CCc1nc2ccccc2n1-c1ccccc1.Cl. The van der Waals surface area contributed by atoms with Gasteiger partial charge in [-0.1, -0.05) is 44.2 Å². The number of rotatable bonds is 8. The molecular weight excluding hydrogens is 384 g/mol. The fourth-order valence-electron chi connectivity index (χ4n) is 3.32. The lowest BCUT2D eigenvalue weighted by molar-refractivity contribution is -0.130. The summed E-state index contributed by atoms with van der Waals surface area (Å²) < 4.78 is 2.15. The van der Waals surface area contributed by atoms with Gasteiger partial charge in [0.25, 0.3) is 0 Å². The average Bonchev–Trinajstić information content (AvgIpc) is 3.08. The standard InChI is InChI=1S/C23H30N4O.ClH/c1-17(2)19(24)15-16-26(3)23(28)14-13-22-25-20-11-7-8-12-21(20)27(22)18-9-5-4-6-10-18;/h4-12,17,19H,13-16,24H2,1-3H3;1H. The maximum Gasteiger partial charge on any atom is 0.222 e. The summed E-state index contributed by atoms with van der Waals surface area (Å²) in [5.41, 5.74) is 9.18. The quantitative estimate of drug-likeness (QED) is 0.600. The van der Waals surface area contributed by atoms with E-state index in [0.29, 0.717) is 25.3 Å². The number of imidazole rings is 1. The van der Waals surface area contributed by atoms with Gasteiger partial charge in [-0.3, -0.25) is 9.36 Å². The lowest BCUT2D eigenvalue weighted by Gasteiger charge is -2.21. The molecule has 3 rings (SSSR count). The first kappa shape index (κ1) is 22.9. The van der Waals surface area contributed by atoms with E-state index in [1.54, 1.807) is 4.90 Å². The number of para-hydroxylation sites is 3. The molecule has 29 heavy (non-hydrogen) atoms. The number of aromatic nitrogens is 2. The minimum absolute atomic E-state index is 0. The molecule has 1 unspecified atom stereocenters. The molecule has 1 heterocycles. The minimum atomic E-state index is 0. The Morgan fingerprint density at radius 2 is 1.76 bits per heavy atom. The van der Waals surface area contributed by atoms with Gasteiger partial charge in [0.15, 0.2) is 0 Å². The molecular formula is C23H31ClN4O. The third kappa shape index (κ3) is 5.58. The molecule has 2 N–H and O–H groups in total. The van der Waals surface area contributed by atoms with E-state index in [0.717, 1.165) is 29.0 Å². The van der Waals surface area contributed by atoms with E-state index in [-0.39, 0.29) is 24.4 Å². The molecule has 1 amide bonds. The van der Waals surface area contributed by atoms with Crippen molar-refractivity contribution in [3.05, 3.63) is 60.4 Å². The first-order valence-corrected chi connectivity index (χ1v) is 9.98. The second-order valence-electron chi connectivity index (χ2n) is 7.70. The van der Waals surface area contributed by atoms with E-state index >= 15 is 0 Å². The van der Waals surface area contributed by atoms with E-state index in [2.05, 4.69) is 36.6 Å². The molecule has 0 bridgehead atoms. The van der Waals surface area contributed by atoms with Gasteiger partial charge >= 0.3 is 0 Å². The molecule has 3 aromatic rings. The monoisotopic (exact) mass is 414 g/mol. The van der Waals surface area contributed by atoms with Crippen molar-refractivity contribution in [1.82, 2.24) is 14.5 Å². The summed E-state index contributed by atoms with van der Waals surface area (Å²) >= 11 is 0. The maximum absolute atomic E-state index is 12.6. The zero-order valence-corrected chi connectivity index (χ0v) is 18.2. The minimum Gasteiger partial charge on any atom is -0.346 e. The zero-order valence-electron chi connectivity index (χ0n) is 17.4. The van der Waals surface area contributed by atoms with Gasteiger partial charge in [-0.05, 0) is 36.6 Å². The Morgan fingerprint density at radius 1 is 1.10 bits per heavy atom. The fraction of sp³-hybridized carbons (Fsp3) is 0.391. The summed E-state index contributed by atoms with van der Waals surface area (Å²) in [5, 5.41) is 0. The van der Waals surface area contributed by atoms with Crippen molar-refractivity contribution < 1.29 is 4.79 Å². The highest BCUT2D eigenvalue weighted by molar-refractivity contribution is 5.85. The largest absolute Gasteiger partial charge is 0.346 e. The van der Waals surface area contributed by atoms with Crippen LogP contribution in [0.4, 0.5) is 0 Å². The lowest BCUT2D eigenvalue weighted by atomic mass is 10.0. The molecule has 0 spiro atoms. The third-order valence-corrected chi connectivity index (χ3v) is 5.29. The van der Waals surface area contributed by atoms with Crippen molar-refractivity contribution >= 4 is 29.3 Å². The van der Waals surface area contributed by atoms with Crippen molar-refractivity contribution in [2.24, 2.45) is 11.7 Å². The van der Waals surface area contributed by atoms with Crippen LogP contribution in [-0.2, 0) is 11.2 Å². The molecule has 156 valence electrons. The second kappa shape index (κ2) is 10.4. The fourth-order valence-corrected chi connectivity index (χ4v) is 3.32. The van der Waals surface area contributed by atoms with Crippen LogP contribution in [0.5, 0.6) is 0 Å². The summed E-state index contributed by atoms with van der Waals surface area (Å²) in [6, 6.07) is 18.4. The summed E-state index contributed by atoms with van der Waals surface area (Å²) in [6.45, 7) is 4.91. The van der Waals surface area contributed by atoms with Crippen LogP contribution in [0.25, 0.3) is 16.7 Å². The van der Waals surface area contributed by atoms with Crippen molar-refractivity contribution in [3.8, 4) is 5.69 Å². The van der Waals surface area contributed by atoms with Crippen LogP contribution in [0.15, 0.2) is 54.6 Å². The smallest absolute Gasteiger partial charge is 0.222 e. The molecule has 0 aliphatic rings. The number of hydrogen-bond acceptors (Lipinski definition) is 3. The molecule has 0 fully saturated rings. The summed E-state index contributed by atoms with van der Waals surface area (Å²) in [6.07, 6.45) is 1.86. The van der Waals surface area contributed by atoms with Crippen LogP contribution in [0.1, 0.15) is 32.5 Å². The highest BCUT2D eigenvalue weighted by Crippen LogP contribution is 2.22. The zero-order chi connectivity index (χ0) is 20.1. The van der Waals surface area contributed by atoms with E-state index in [4.69, 9.17) is 10.7 Å². The van der Waals surface area contributed by atoms with Crippen molar-refractivity contribution in [3.63, 3.8) is 0 Å². The number of halogens is 1. The molecule has 0 saturated carbocycles. The number of amides is 1. The van der Waals surface area contributed by atoms with Crippen LogP contribution >= 0.6 is 12.4 Å². The molecule has 0 saturated heterocycles. The number of aryl methyl sites for hydroxylation is 1. The molecule has 6 heteroatoms. The second-order valence-corrected chi connectivity index (χ2v) is 7.70. The predicted molar refractivity (Wildman–Crippen MR) is 122 cm³/mol. The van der Waals surface area contributed by atoms with Gasteiger partial charge in [-0.15, -0.1) is 12.4 Å². The Kier molecular flexibility index (Phi) is 8.23. The first-order chi connectivity index (χ1) is 13.5. The van der Waals surface area contributed by atoms with Crippen molar-refractivity contribution in [1.29, 1.82) is 0 Å².